The predicted molar refractivity (Wildman–Crippen MR) is 158 cm³/mol. The molecule has 2 aromatic heterocycles. The standard InChI is InChI=1S/C23H26N4O2.C7H10N2O/c1-3-5-21(24)25-10-8-16(2)20-14-27-23(19-9-11-29-22(19)20)26-13-17-6-4-7-18(12-17)15-28;1-8-7-4-3-6(10-2)5-9-7/h4-8,10,12,14-15H,3,9,11,13,24H2,1-2H3,(H,26,27);3-5H,1-2H3,(H,8,9)/b16-8+,21-5+,25-10-;. The monoisotopic (exact) mass is 528 g/mol. The first-order chi connectivity index (χ1) is 19.0. The van der Waals surface area contributed by atoms with Crippen LogP contribution in [0.4, 0.5) is 11.6 Å². The van der Waals surface area contributed by atoms with Gasteiger partial charge in [0.05, 0.1) is 19.9 Å². The fourth-order valence-corrected chi connectivity index (χ4v) is 3.82. The van der Waals surface area contributed by atoms with Crippen molar-refractivity contribution in [2.45, 2.75) is 33.2 Å². The molecule has 0 saturated carbocycles. The van der Waals surface area contributed by atoms with Gasteiger partial charge in [0.1, 0.15) is 35.2 Å². The molecule has 39 heavy (non-hydrogen) atoms. The molecule has 0 bridgehead atoms. The molecule has 0 spiro atoms. The van der Waals surface area contributed by atoms with Crippen molar-refractivity contribution in [1.29, 1.82) is 0 Å². The van der Waals surface area contributed by atoms with Gasteiger partial charge >= 0.3 is 0 Å². The molecule has 1 aromatic carbocycles. The number of hydrogen-bond acceptors (Lipinski definition) is 9. The lowest BCUT2D eigenvalue weighted by atomic mass is 10.0. The summed E-state index contributed by atoms with van der Waals surface area (Å²) in [5.41, 5.74) is 10.5. The maximum atomic E-state index is 11.0. The summed E-state index contributed by atoms with van der Waals surface area (Å²) < 4.78 is 10.8. The lowest BCUT2D eigenvalue weighted by Gasteiger charge is -2.13. The number of allylic oxidation sites excluding steroid dienone is 3. The third-order valence-electron chi connectivity index (χ3n) is 5.89. The summed E-state index contributed by atoms with van der Waals surface area (Å²) in [6.07, 6.45) is 11.5. The molecule has 0 unspecified atom stereocenters. The average molecular weight is 529 g/mol. The number of fused-ring (bicyclic) bond motifs is 1. The van der Waals surface area contributed by atoms with Crippen LogP contribution in [0, 0.1) is 0 Å². The number of nitrogens with one attached hydrogen (secondary N) is 2. The summed E-state index contributed by atoms with van der Waals surface area (Å²) in [6.45, 7) is 5.25. The van der Waals surface area contributed by atoms with E-state index < -0.39 is 0 Å². The van der Waals surface area contributed by atoms with E-state index >= 15 is 0 Å². The highest BCUT2D eigenvalue weighted by molar-refractivity contribution is 5.86. The smallest absolute Gasteiger partial charge is 0.150 e. The minimum atomic E-state index is 0.509. The normalized spacial score (nSPS) is 12.7. The molecule has 4 N–H and O–H groups in total. The van der Waals surface area contributed by atoms with E-state index in [4.69, 9.17) is 15.2 Å². The molecule has 204 valence electrons. The number of nitrogens with two attached hydrogens (primary N) is 1. The number of aromatic nitrogens is 2. The Morgan fingerprint density at radius 3 is 2.77 bits per heavy atom. The van der Waals surface area contributed by atoms with Gasteiger partial charge in [-0.05, 0) is 54.8 Å². The molecule has 9 heteroatoms. The molecule has 1 aliphatic heterocycles. The van der Waals surface area contributed by atoms with E-state index in [1.807, 2.05) is 69.6 Å². The van der Waals surface area contributed by atoms with Gasteiger partial charge in [-0.3, -0.25) is 4.79 Å². The van der Waals surface area contributed by atoms with Crippen molar-refractivity contribution in [3.05, 3.63) is 89.0 Å². The number of carbonyl (C=O) groups is 1. The van der Waals surface area contributed by atoms with Gasteiger partial charge in [0.2, 0.25) is 0 Å². The summed E-state index contributed by atoms with van der Waals surface area (Å²) in [6, 6.07) is 11.2. The largest absolute Gasteiger partial charge is 0.495 e. The van der Waals surface area contributed by atoms with Gasteiger partial charge in [0, 0.05) is 49.1 Å². The Labute approximate surface area is 229 Å². The Hall–Kier alpha value is -4.66. The average Bonchev–Trinajstić information content (AvgIpc) is 3.47. The Kier molecular flexibility index (Phi) is 11.1. The zero-order valence-corrected chi connectivity index (χ0v) is 22.9. The van der Waals surface area contributed by atoms with Crippen LogP contribution < -0.4 is 25.8 Å². The van der Waals surface area contributed by atoms with Crippen LogP contribution in [0.1, 0.15) is 47.3 Å². The number of methoxy groups -OCH3 is 1. The Morgan fingerprint density at radius 1 is 1.23 bits per heavy atom. The quantitative estimate of drug-likeness (QED) is 0.241. The highest BCUT2D eigenvalue weighted by Gasteiger charge is 2.22. The molecule has 0 amide bonds. The lowest BCUT2D eigenvalue weighted by Crippen LogP contribution is -2.05. The Bertz CT molecular complexity index is 1310. The SMILES string of the molecule is CC/C=C(N)/N=C\C=C(/C)c1cnc(NCc2cccc(C=O)c2)c2c1OCC2.CNc1ccc(OC)cn1. The lowest BCUT2D eigenvalue weighted by molar-refractivity contribution is 0.112. The molecular formula is C30H36N6O3. The molecule has 0 saturated heterocycles. The van der Waals surface area contributed by atoms with Gasteiger partial charge in [-0.25, -0.2) is 15.0 Å². The molecule has 0 fully saturated rings. The molecule has 0 atom stereocenters. The minimum Gasteiger partial charge on any atom is -0.495 e. The highest BCUT2D eigenvalue weighted by atomic mass is 16.5. The maximum Gasteiger partial charge on any atom is 0.150 e. The van der Waals surface area contributed by atoms with Crippen molar-refractivity contribution in [3.63, 3.8) is 0 Å². The third-order valence-corrected chi connectivity index (χ3v) is 5.89. The maximum absolute atomic E-state index is 11.0. The van der Waals surface area contributed by atoms with Crippen molar-refractivity contribution in [1.82, 2.24) is 9.97 Å². The van der Waals surface area contributed by atoms with E-state index in [1.54, 1.807) is 25.6 Å². The first-order valence-corrected chi connectivity index (χ1v) is 12.8. The number of carbonyl (C=O) groups excluding carboxylic acids is 1. The van der Waals surface area contributed by atoms with Crippen molar-refractivity contribution in [2.75, 3.05) is 31.4 Å². The number of ether oxygens (including phenoxy) is 2. The van der Waals surface area contributed by atoms with E-state index in [9.17, 15) is 4.79 Å². The molecule has 1 aliphatic rings. The van der Waals surface area contributed by atoms with Crippen LogP contribution in [0.2, 0.25) is 0 Å². The summed E-state index contributed by atoms with van der Waals surface area (Å²) in [7, 11) is 3.45. The van der Waals surface area contributed by atoms with Crippen LogP contribution in [-0.2, 0) is 13.0 Å². The molecule has 4 rings (SSSR count). The topological polar surface area (TPSA) is 124 Å². The van der Waals surface area contributed by atoms with E-state index in [-0.39, 0.29) is 0 Å². The van der Waals surface area contributed by atoms with Gasteiger partial charge < -0.3 is 25.8 Å². The number of pyridine rings is 2. The van der Waals surface area contributed by atoms with Crippen molar-refractivity contribution < 1.29 is 14.3 Å². The van der Waals surface area contributed by atoms with E-state index in [1.165, 1.54) is 0 Å². The molecule has 3 aromatic rings. The Morgan fingerprint density at radius 2 is 2.08 bits per heavy atom. The number of anilines is 2. The second-order valence-electron chi connectivity index (χ2n) is 8.64. The van der Waals surface area contributed by atoms with Crippen LogP contribution in [0.5, 0.6) is 11.5 Å². The summed E-state index contributed by atoms with van der Waals surface area (Å²) in [5.74, 6) is 3.81. The number of aldehydes is 1. The molecular weight excluding hydrogens is 492 g/mol. The predicted octanol–water partition coefficient (Wildman–Crippen LogP) is 5.26. The number of benzene rings is 1. The highest BCUT2D eigenvalue weighted by Crippen LogP contribution is 2.37. The number of hydrogen-bond donors (Lipinski definition) is 3. The zero-order chi connectivity index (χ0) is 28.0. The van der Waals surface area contributed by atoms with Crippen LogP contribution in [0.3, 0.4) is 0 Å². The van der Waals surface area contributed by atoms with Crippen LogP contribution in [0.15, 0.2) is 71.8 Å². The van der Waals surface area contributed by atoms with Crippen molar-refractivity contribution in [3.8, 4) is 11.5 Å². The van der Waals surface area contributed by atoms with Gasteiger partial charge in [0.15, 0.2) is 0 Å². The first-order valence-electron chi connectivity index (χ1n) is 12.8. The summed E-state index contributed by atoms with van der Waals surface area (Å²) in [4.78, 5) is 23.8. The van der Waals surface area contributed by atoms with Gasteiger partial charge in [-0.1, -0.05) is 25.1 Å². The fourth-order valence-electron chi connectivity index (χ4n) is 3.82. The molecule has 3 heterocycles. The molecule has 0 radical (unpaired) electrons. The van der Waals surface area contributed by atoms with Crippen LogP contribution in [-0.4, -0.2) is 43.2 Å². The Balaban J connectivity index is 0.000000353. The summed E-state index contributed by atoms with van der Waals surface area (Å²) in [5, 5.41) is 6.29. The minimum absolute atomic E-state index is 0.509. The fraction of sp³-hybridized carbons (Fsp3) is 0.267. The van der Waals surface area contributed by atoms with Crippen LogP contribution >= 0.6 is 0 Å². The third kappa shape index (κ3) is 8.43. The van der Waals surface area contributed by atoms with Crippen LogP contribution in [0.25, 0.3) is 5.57 Å². The molecule has 0 aliphatic carbocycles. The van der Waals surface area contributed by atoms with Crippen molar-refractivity contribution >= 4 is 29.7 Å². The zero-order valence-electron chi connectivity index (χ0n) is 22.9. The number of rotatable bonds is 10. The van der Waals surface area contributed by atoms with E-state index in [2.05, 4.69) is 25.6 Å². The van der Waals surface area contributed by atoms with Crippen molar-refractivity contribution in [2.24, 2.45) is 10.7 Å². The second-order valence-corrected chi connectivity index (χ2v) is 8.64. The van der Waals surface area contributed by atoms with Gasteiger partial charge in [-0.2, -0.15) is 0 Å². The summed E-state index contributed by atoms with van der Waals surface area (Å²) >= 11 is 0. The number of aliphatic imine (C=N–C) groups is 1. The first kappa shape index (κ1) is 28.9. The second kappa shape index (κ2) is 14.9. The van der Waals surface area contributed by atoms with E-state index in [0.29, 0.717) is 24.5 Å². The van der Waals surface area contributed by atoms with Gasteiger partial charge in [-0.15, -0.1) is 0 Å². The van der Waals surface area contributed by atoms with E-state index in [0.717, 1.165) is 64.5 Å². The number of nitrogens with zero attached hydrogens (tertiary/aromatic N) is 3. The molecule has 9 nitrogen and oxygen atoms in total. The van der Waals surface area contributed by atoms with Gasteiger partial charge in [0.25, 0.3) is 0 Å².